The molecule has 5 rings (SSSR count). The zero-order valence-electron chi connectivity index (χ0n) is 19.4. The van der Waals surface area contributed by atoms with Gasteiger partial charge in [0, 0.05) is 5.02 Å². The van der Waals surface area contributed by atoms with Crippen molar-refractivity contribution in [1.29, 1.82) is 0 Å². The van der Waals surface area contributed by atoms with Crippen molar-refractivity contribution in [3.8, 4) is 11.5 Å². The zero-order chi connectivity index (χ0) is 24.7. The van der Waals surface area contributed by atoms with E-state index in [0.717, 1.165) is 11.1 Å². The van der Waals surface area contributed by atoms with Gasteiger partial charge in [-0.2, -0.15) is 0 Å². The summed E-state index contributed by atoms with van der Waals surface area (Å²) in [5.41, 5.74) is 2.15. The molecule has 0 aliphatic carbocycles. The third-order valence-corrected chi connectivity index (χ3v) is 6.87. The van der Waals surface area contributed by atoms with Gasteiger partial charge in [0.2, 0.25) is 0 Å². The Morgan fingerprint density at radius 1 is 1.17 bits per heavy atom. The molecule has 180 valence electrons. The molecular weight excluding hydrogens is 488 g/mol. The van der Waals surface area contributed by atoms with Crippen LogP contribution >= 0.6 is 22.9 Å². The number of benzene rings is 2. The highest BCUT2D eigenvalue weighted by Crippen LogP contribution is 2.32. The van der Waals surface area contributed by atoms with Crippen LogP contribution in [0.1, 0.15) is 37.9 Å². The van der Waals surface area contributed by atoms with Gasteiger partial charge in [-0.1, -0.05) is 41.1 Å². The molecule has 0 saturated carbocycles. The number of carbonyl (C=O) groups is 1. The third-order valence-electron chi connectivity index (χ3n) is 5.63. The summed E-state index contributed by atoms with van der Waals surface area (Å²) in [7, 11) is 0. The van der Waals surface area contributed by atoms with Gasteiger partial charge in [0.15, 0.2) is 16.3 Å². The molecule has 0 N–H and O–H groups in total. The lowest BCUT2D eigenvalue weighted by molar-refractivity contribution is -0.143. The van der Waals surface area contributed by atoms with Crippen molar-refractivity contribution in [2.45, 2.75) is 32.9 Å². The molecule has 0 saturated heterocycles. The van der Waals surface area contributed by atoms with E-state index in [2.05, 4.69) is 4.99 Å². The number of nitrogens with zero attached hydrogens (tertiary/aromatic N) is 2. The van der Waals surface area contributed by atoms with Gasteiger partial charge in [-0.05, 0) is 62.2 Å². The van der Waals surface area contributed by atoms with Crippen molar-refractivity contribution in [2.75, 3.05) is 13.2 Å². The molecule has 1 atom stereocenters. The van der Waals surface area contributed by atoms with Crippen LogP contribution in [0.15, 0.2) is 63.5 Å². The molecule has 3 heterocycles. The number of halogens is 1. The molecule has 9 heteroatoms. The van der Waals surface area contributed by atoms with Crippen LogP contribution in [0.5, 0.6) is 11.5 Å². The van der Waals surface area contributed by atoms with Gasteiger partial charge in [0.1, 0.15) is 13.2 Å². The van der Waals surface area contributed by atoms with E-state index in [1.54, 1.807) is 43.5 Å². The molecule has 35 heavy (non-hydrogen) atoms. The van der Waals surface area contributed by atoms with Crippen molar-refractivity contribution in [3.05, 3.63) is 89.6 Å². The molecule has 1 unspecified atom stereocenters. The first-order valence-corrected chi connectivity index (χ1v) is 12.4. The van der Waals surface area contributed by atoms with E-state index in [0.29, 0.717) is 50.3 Å². The number of hydrogen-bond donors (Lipinski definition) is 0. The number of hydrogen-bond acceptors (Lipinski definition) is 7. The first-order valence-electron chi connectivity index (χ1n) is 11.2. The van der Waals surface area contributed by atoms with Crippen LogP contribution in [0.3, 0.4) is 0 Å². The molecular formula is C26H23ClN2O5S. The predicted molar refractivity (Wildman–Crippen MR) is 134 cm³/mol. The zero-order valence-corrected chi connectivity index (χ0v) is 21.0. The molecule has 2 aliphatic rings. The Balaban J connectivity index is 1.67. The van der Waals surface area contributed by atoms with Gasteiger partial charge < -0.3 is 14.2 Å². The van der Waals surface area contributed by atoms with E-state index in [-0.39, 0.29) is 11.7 Å². The summed E-state index contributed by atoms with van der Waals surface area (Å²) >= 11 is 7.38. The summed E-state index contributed by atoms with van der Waals surface area (Å²) in [6.45, 7) is 6.32. The first kappa shape index (κ1) is 23.4. The van der Waals surface area contributed by atoms with Crippen molar-refractivity contribution in [1.82, 2.24) is 4.57 Å². The fraction of sp³-hybridized carbons (Fsp3) is 0.269. The van der Waals surface area contributed by atoms with Gasteiger partial charge in [0.05, 0.1) is 27.9 Å². The Morgan fingerprint density at radius 2 is 1.89 bits per heavy atom. The van der Waals surface area contributed by atoms with E-state index in [1.165, 1.54) is 11.3 Å². The number of fused-ring (bicyclic) bond motifs is 2. The summed E-state index contributed by atoms with van der Waals surface area (Å²) in [5.74, 6) is 0.829. The average molecular weight is 511 g/mol. The van der Waals surface area contributed by atoms with E-state index >= 15 is 0 Å². The molecule has 3 aromatic rings. The Labute approximate surface area is 210 Å². The Kier molecular flexibility index (Phi) is 6.25. The minimum Gasteiger partial charge on any atom is -0.486 e. The Hall–Kier alpha value is -3.36. The van der Waals surface area contributed by atoms with E-state index < -0.39 is 12.0 Å². The highest BCUT2D eigenvalue weighted by molar-refractivity contribution is 7.07. The first-order chi connectivity index (χ1) is 16.8. The average Bonchev–Trinajstić information content (AvgIpc) is 3.12. The molecule has 0 amide bonds. The lowest BCUT2D eigenvalue weighted by Crippen LogP contribution is -2.40. The van der Waals surface area contributed by atoms with Crippen molar-refractivity contribution >= 4 is 35.0 Å². The van der Waals surface area contributed by atoms with Crippen molar-refractivity contribution in [3.63, 3.8) is 0 Å². The number of esters is 1. The summed E-state index contributed by atoms with van der Waals surface area (Å²) < 4.78 is 18.8. The van der Waals surface area contributed by atoms with Gasteiger partial charge >= 0.3 is 5.97 Å². The molecule has 0 bridgehead atoms. The number of allylic oxidation sites excluding steroid dienone is 1. The predicted octanol–water partition coefficient (Wildman–Crippen LogP) is 3.61. The van der Waals surface area contributed by atoms with Crippen LogP contribution in [0.4, 0.5) is 0 Å². The normalized spacial score (nSPS) is 17.3. The minimum atomic E-state index is -0.683. The summed E-state index contributed by atoms with van der Waals surface area (Å²) in [6, 6.07) is 12.0. The molecule has 0 radical (unpaired) electrons. The summed E-state index contributed by atoms with van der Waals surface area (Å²) in [5, 5.41) is 0.562. The van der Waals surface area contributed by atoms with Gasteiger partial charge in [0.25, 0.3) is 5.56 Å². The van der Waals surface area contributed by atoms with Gasteiger partial charge in [-0.25, -0.2) is 9.79 Å². The fourth-order valence-corrected chi connectivity index (χ4v) is 5.29. The third kappa shape index (κ3) is 4.51. The summed E-state index contributed by atoms with van der Waals surface area (Å²) in [4.78, 5) is 31.9. The van der Waals surface area contributed by atoms with Crippen LogP contribution in [0, 0.1) is 0 Å². The van der Waals surface area contributed by atoms with Gasteiger partial charge in [-0.3, -0.25) is 9.36 Å². The lowest BCUT2D eigenvalue weighted by atomic mass is 9.96. The second-order valence-electron chi connectivity index (χ2n) is 8.49. The molecule has 0 fully saturated rings. The molecule has 2 aromatic carbocycles. The SMILES string of the molecule is CC1=C(C(=O)OC(C)C)C(c2ccc(Cl)cc2)n2c(s/c(=C/c3ccc4c(c3)OCCO4)c2=O)=N1. The van der Waals surface area contributed by atoms with Crippen LogP contribution < -0.4 is 24.4 Å². The molecule has 1 aromatic heterocycles. The minimum absolute atomic E-state index is 0.245. The van der Waals surface area contributed by atoms with E-state index in [4.69, 9.17) is 25.8 Å². The second kappa shape index (κ2) is 9.36. The standard InChI is InChI=1S/C26H23ClN2O5S/c1-14(2)34-25(31)22-15(3)28-26-29(23(22)17-5-7-18(27)8-6-17)24(30)21(35-26)13-16-4-9-19-20(12-16)33-11-10-32-19/h4-9,12-14,23H,10-11H2,1-3H3/b21-13+. The largest absolute Gasteiger partial charge is 0.486 e. The maximum Gasteiger partial charge on any atom is 0.338 e. The second-order valence-corrected chi connectivity index (χ2v) is 9.94. The molecule has 7 nitrogen and oxygen atoms in total. The van der Waals surface area contributed by atoms with Crippen molar-refractivity contribution < 1.29 is 19.0 Å². The monoisotopic (exact) mass is 510 g/mol. The van der Waals surface area contributed by atoms with Crippen molar-refractivity contribution in [2.24, 2.45) is 4.99 Å². The fourth-order valence-electron chi connectivity index (χ4n) is 4.12. The topological polar surface area (TPSA) is 79.1 Å². The number of rotatable bonds is 4. The van der Waals surface area contributed by atoms with Gasteiger partial charge in [-0.15, -0.1) is 0 Å². The van der Waals surface area contributed by atoms with Crippen LogP contribution in [0.2, 0.25) is 5.02 Å². The number of aromatic nitrogens is 1. The Morgan fingerprint density at radius 3 is 2.60 bits per heavy atom. The lowest BCUT2D eigenvalue weighted by Gasteiger charge is -2.25. The number of ether oxygens (including phenoxy) is 3. The smallest absolute Gasteiger partial charge is 0.338 e. The molecule has 2 aliphatic heterocycles. The number of thiazole rings is 1. The van der Waals surface area contributed by atoms with E-state index in [9.17, 15) is 9.59 Å². The van der Waals surface area contributed by atoms with Crippen LogP contribution in [0.25, 0.3) is 6.08 Å². The van der Waals surface area contributed by atoms with E-state index in [1.807, 2.05) is 30.3 Å². The number of carbonyl (C=O) groups excluding carboxylic acids is 1. The quantitative estimate of drug-likeness (QED) is 0.501. The molecule has 0 spiro atoms. The van der Waals surface area contributed by atoms with Crippen LogP contribution in [-0.4, -0.2) is 29.9 Å². The summed E-state index contributed by atoms with van der Waals surface area (Å²) in [6.07, 6.45) is 1.49. The maximum atomic E-state index is 13.7. The highest BCUT2D eigenvalue weighted by atomic mass is 35.5. The maximum absolute atomic E-state index is 13.7. The van der Waals surface area contributed by atoms with Crippen LogP contribution in [-0.2, 0) is 9.53 Å². The Bertz CT molecular complexity index is 1520. The highest BCUT2D eigenvalue weighted by Gasteiger charge is 2.33.